The van der Waals surface area contributed by atoms with E-state index in [1.54, 1.807) is 17.0 Å². The molecule has 7 nitrogen and oxygen atoms in total. The second kappa shape index (κ2) is 9.21. The fourth-order valence-electron chi connectivity index (χ4n) is 3.69. The van der Waals surface area contributed by atoms with Crippen LogP contribution >= 0.6 is 22.9 Å². The molecule has 32 heavy (non-hydrogen) atoms. The molecule has 0 bridgehead atoms. The number of carbonyl (C=O) groups excluding carboxylic acids is 2. The molecule has 1 N–H and O–H groups in total. The first-order valence-corrected chi connectivity index (χ1v) is 12.9. The molecule has 0 aliphatic carbocycles. The standard InChI is InChI=1S/C21H21ClFN3O4S2/c22-19-6-4-15(31-19)8-12-32(29,30)24-17-7-11-26(21(17)28)18-5-3-14(13-16(18)23)20(27)25-9-1-2-10-25/h3-7,13,24H,1-2,8-12H2. The molecule has 0 saturated carbocycles. The molecule has 170 valence electrons. The van der Waals surface area contributed by atoms with Gasteiger partial charge in [-0.2, -0.15) is 0 Å². The summed E-state index contributed by atoms with van der Waals surface area (Å²) < 4.78 is 42.4. The molecular weight excluding hydrogens is 477 g/mol. The number of carbonyl (C=O) groups is 2. The van der Waals surface area contributed by atoms with Crippen molar-refractivity contribution >= 4 is 50.5 Å². The van der Waals surface area contributed by atoms with Crippen molar-refractivity contribution in [2.45, 2.75) is 19.3 Å². The lowest BCUT2D eigenvalue weighted by Crippen LogP contribution is -2.35. The first-order chi connectivity index (χ1) is 15.2. The van der Waals surface area contributed by atoms with E-state index >= 15 is 0 Å². The number of amides is 2. The van der Waals surface area contributed by atoms with Crippen LogP contribution in [0, 0.1) is 5.82 Å². The Bertz CT molecular complexity index is 1190. The van der Waals surface area contributed by atoms with Crippen LogP contribution in [0.2, 0.25) is 4.34 Å². The molecule has 4 rings (SSSR count). The van der Waals surface area contributed by atoms with Crippen LogP contribution in [0.15, 0.2) is 42.1 Å². The van der Waals surface area contributed by atoms with Gasteiger partial charge in [-0.15, -0.1) is 11.3 Å². The summed E-state index contributed by atoms with van der Waals surface area (Å²) in [5.74, 6) is -1.81. The third kappa shape index (κ3) is 4.97. The quantitative estimate of drug-likeness (QED) is 0.636. The Morgan fingerprint density at radius 2 is 1.94 bits per heavy atom. The van der Waals surface area contributed by atoms with Crippen LogP contribution in [0.3, 0.4) is 0 Å². The molecular formula is C21H21ClFN3O4S2. The highest BCUT2D eigenvalue weighted by Gasteiger charge is 2.30. The van der Waals surface area contributed by atoms with E-state index in [2.05, 4.69) is 4.72 Å². The molecule has 11 heteroatoms. The minimum Gasteiger partial charge on any atom is -0.339 e. The number of likely N-dealkylation sites (tertiary alicyclic amines) is 1. The van der Waals surface area contributed by atoms with Gasteiger partial charge in [-0.1, -0.05) is 11.6 Å². The molecule has 0 unspecified atom stereocenters. The first kappa shape index (κ1) is 22.8. The van der Waals surface area contributed by atoms with E-state index in [0.717, 1.165) is 28.7 Å². The Morgan fingerprint density at radius 3 is 2.59 bits per heavy atom. The number of sulfonamides is 1. The number of nitrogens with zero attached hydrogens (tertiary/aromatic N) is 2. The van der Waals surface area contributed by atoms with Crippen LogP contribution < -0.4 is 9.62 Å². The van der Waals surface area contributed by atoms with Crippen molar-refractivity contribution < 1.29 is 22.4 Å². The molecule has 2 aliphatic heterocycles. The third-order valence-corrected chi connectivity index (χ3v) is 7.91. The number of anilines is 1. The minimum atomic E-state index is -3.78. The van der Waals surface area contributed by atoms with Gasteiger partial charge < -0.3 is 9.80 Å². The van der Waals surface area contributed by atoms with E-state index in [-0.39, 0.29) is 41.6 Å². The van der Waals surface area contributed by atoms with E-state index in [1.165, 1.54) is 29.5 Å². The molecule has 1 saturated heterocycles. The van der Waals surface area contributed by atoms with Gasteiger partial charge in [-0.3, -0.25) is 14.3 Å². The summed E-state index contributed by atoms with van der Waals surface area (Å²) in [6, 6.07) is 7.44. The number of hydrogen-bond acceptors (Lipinski definition) is 5. The number of hydrogen-bond donors (Lipinski definition) is 1. The second-order valence-corrected chi connectivity index (χ2v) is 11.2. The largest absolute Gasteiger partial charge is 0.339 e. The molecule has 0 radical (unpaired) electrons. The van der Waals surface area contributed by atoms with Crippen LogP contribution in [-0.4, -0.2) is 50.5 Å². The van der Waals surface area contributed by atoms with Crippen LogP contribution in [0.5, 0.6) is 0 Å². The van der Waals surface area contributed by atoms with Crippen molar-refractivity contribution in [3.63, 3.8) is 0 Å². The Morgan fingerprint density at radius 1 is 1.19 bits per heavy atom. The van der Waals surface area contributed by atoms with Crippen LogP contribution in [-0.2, 0) is 21.2 Å². The second-order valence-electron chi connectivity index (χ2n) is 7.58. The fourth-order valence-corrected chi connectivity index (χ4v) is 6.01. The van der Waals surface area contributed by atoms with Gasteiger partial charge in [-0.25, -0.2) is 12.8 Å². The van der Waals surface area contributed by atoms with Gasteiger partial charge in [0, 0.05) is 30.1 Å². The Kier molecular flexibility index (Phi) is 6.55. The topological polar surface area (TPSA) is 86.8 Å². The van der Waals surface area contributed by atoms with Crippen LogP contribution in [0.1, 0.15) is 28.1 Å². The monoisotopic (exact) mass is 497 g/mol. The van der Waals surface area contributed by atoms with E-state index < -0.39 is 21.7 Å². The Hall–Kier alpha value is -2.43. The van der Waals surface area contributed by atoms with Gasteiger partial charge in [0.15, 0.2) is 0 Å². The maximum Gasteiger partial charge on any atom is 0.275 e. The van der Waals surface area contributed by atoms with Gasteiger partial charge in [0.2, 0.25) is 10.0 Å². The summed E-state index contributed by atoms with van der Waals surface area (Å²) in [4.78, 5) is 28.8. The van der Waals surface area contributed by atoms with Gasteiger partial charge in [0.25, 0.3) is 11.8 Å². The predicted molar refractivity (Wildman–Crippen MR) is 122 cm³/mol. The normalized spacial score (nSPS) is 16.6. The predicted octanol–water partition coefficient (Wildman–Crippen LogP) is 3.17. The van der Waals surface area contributed by atoms with E-state index in [1.807, 2.05) is 0 Å². The third-order valence-electron chi connectivity index (χ3n) is 5.34. The molecule has 2 aliphatic rings. The molecule has 0 atom stereocenters. The lowest BCUT2D eigenvalue weighted by atomic mass is 10.1. The highest BCUT2D eigenvalue weighted by molar-refractivity contribution is 7.89. The molecule has 1 aromatic carbocycles. The number of rotatable bonds is 7. The summed E-state index contributed by atoms with van der Waals surface area (Å²) in [6.45, 7) is 1.33. The maximum absolute atomic E-state index is 14.8. The highest BCUT2D eigenvalue weighted by Crippen LogP contribution is 2.26. The minimum absolute atomic E-state index is 0.00773. The molecule has 3 heterocycles. The first-order valence-electron chi connectivity index (χ1n) is 10.1. The van der Waals surface area contributed by atoms with E-state index in [0.29, 0.717) is 17.4 Å². The van der Waals surface area contributed by atoms with Crippen molar-refractivity contribution in [1.29, 1.82) is 0 Å². The van der Waals surface area contributed by atoms with Gasteiger partial charge in [0.1, 0.15) is 11.5 Å². The molecule has 0 spiro atoms. The zero-order chi connectivity index (χ0) is 22.9. The zero-order valence-corrected chi connectivity index (χ0v) is 19.4. The van der Waals surface area contributed by atoms with Crippen LogP contribution in [0.4, 0.5) is 10.1 Å². The van der Waals surface area contributed by atoms with Crippen molar-refractivity contribution in [3.05, 3.63) is 62.7 Å². The fraction of sp³-hybridized carbons (Fsp3) is 0.333. The SMILES string of the molecule is O=C(c1ccc(N2CC=C(NS(=O)(=O)CCc3ccc(Cl)s3)C2=O)c(F)c1)N1CCCC1. The molecule has 1 fully saturated rings. The summed E-state index contributed by atoms with van der Waals surface area (Å²) in [6.07, 6.45) is 3.53. The van der Waals surface area contributed by atoms with Gasteiger partial charge in [-0.05, 0) is 55.7 Å². The summed E-state index contributed by atoms with van der Waals surface area (Å²) >= 11 is 7.15. The highest BCUT2D eigenvalue weighted by atomic mass is 35.5. The molecule has 2 aromatic rings. The number of nitrogens with one attached hydrogen (secondary N) is 1. The lowest BCUT2D eigenvalue weighted by Gasteiger charge is -2.19. The Balaban J connectivity index is 1.40. The van der Waals surface area contributed by atoms with Crippen molar-refractivity contribution in [2.75, 3.05) is 30.3 Å². The van der Waals surface area contributed by atoms with E-state index in [9.17, 15) is 22.4 Å². The Labute approximate surface area is 194 Å². The number of benzene rings is 1. The van der Waals surface area contributed by atoms with E-state index in [4.69, 9.17) is 11.6 Å². The number of aryl methyl sites for hydroxylation is 1. The molecule has 1 aromatic heterocycles. The smallest absolute Gasteiger partial charge is 0.275 e. The summed E-state index contributed by atoms with van der Waals surface area (Å²) in [5.41, 5.74) is 0.0971. The van der Waals surface area contributed by atoms with Gasteiger partial charge >= 0.3 is 0 Å². The van der Waals surface area contributed by atoms with Gasteiger partial charge in [0.05, 0.1) is 15.8 Å². The number of halogens is 2. The van der Waals surface area contributed by atoms with Crippen molar-refractivity contribution in [3.8, 4) is 0 Å². The number of thiophene rings is 1. The maximum atomic E-state index is 14.8. The lowest BCUT2D eigenvalue weighted by molar-refractivity contribution is -0.114. The summed E-state index contributed by atoms with van der Waals surface area (Å²) in [7, 11) is -3.78. The average Bonchev–Trinajstić information content (AvgIpc) is 3.49. The van der Waals surface area contributed by atoms with Crippen molar-refractivity contribution in [2.24, 2.45) is 0 Å². The van der Waals surface area contributed by atoms with Crippen molar-refractivity contribution in [1.82, 2.24) is 9.62 Å². The average molecular weight is 498 g/mol. The summed E-state index contributed by atoms with van der Waals surface area (Å²) in [5, 5.41) is 0. The molecule has 2 amide bonds. The van der Waals surface area contributed by atoms with Crippen LogP contribution in [0.25, 0.3) is 0 Å². The zero-order valence-electron chi connectivity index (χ0n) is 17.0.